The minimum Gasteiger partial charge on any atom is -0.736 e. The van der Waals surface area contributed by atoms with Gasteiger partial charge in [-0.2, -0.15) is 0 Å². The fourth-order valence-corrected chi connectivity index (χ4v) is 2.00. The van der Waals surface area contributed by atoms with Crippen molar-refractivity contribution < 1.29 is 86.7 Å². The van der Waals surface area contributed by atoms with E-state index in [0.29, 0.717) is 31.9 Å². The van der Waals surface area contributed by atoms with Crippen LogP contribution in [0.3, 0.4) is 0 Å². The molecule has 0 bridgehead atoms. The second-order valence-electron chi connectivity index (χ2n) is 5.21. The molecule has 6 nitrogen and oxygen atoms in total. The van der Waals surface area contributed by atoms with E-state index in [1.807, 2.05) is 0 Å². The molecule has 4 aliphatic heterocycles. The zero-order chi connectivity index (χ0) is 19.1. The summed E-state index contributed by atoms with van der Waals surface area (Å²) >= 11 is 0. The predicted octanol–water partition coefficient (Wildman–Crippen LogP) is -9.61. The van der Waals surface area contributed by atoms with Gasteiger partial charge in [0.1, 0.15) is 31.9 Å². The largest absolute Gasteiger partial charge is 1.00 e. The molecule has 0 N–H and O–H groups in total. The van der Waals surface area contributed by atoms with Crippen molar-refractivity contribution in [1.29, 1.82) is 0 Å². The fraction of sp³-hybridized carbons (Fsp3) is 1.00. The van der Waals surface area contributed by atoms with E-state index >= 15 is 0 Å². The van der Waals surface area contributed by atoms with Crippen molar-refractivity contribution in [2.45, 2.75) is 25.7 Å². The second kappa shape index (κ2) is 19.7. The van der Waals surface area contributed by atoms with Crippen LogP contribution in [0.15, 0.2) is 0 Å². The molecule has 0 aromatic carbocycles. The molecule has 12 heteroatoms. The smallest absolute Gasteiger partial charge is 0.736 e. The first-order valence-electron chi connectivity index (χ1n) is 8.57. The molecule has 4 saturated heterocycles. The van der Waals surface area contributed by atoms with Crippen LogP contribution < -0.4 is 59.1 Å². The van der Waals surface area contributed by atoms with Gasteiger partial charge in [-0.3, -0.25) is 0 Å². The van der Waals surface area contributed by atoms with Crippen LogP contribution in [-0.4, -0.2) is 120 Å². The Morgan fingerprint density at radius 2 is 0.571 bits per heavy atom. The third kappa shape index (κ3) is 20.0. The zero-order valence-electron chi connectivity index (χ0n) is 15.8. The number of hydrogen-bond acceptors (Lipinski definition) is 4. The minimum absolute atomic E-state index is 0. The van der Waals surface area contributed by atoms with Crippen LogP contribution in [0.4, 0.5) is 0 Å². The summed E-state index contributed by atoms with van der Waals surface area (Å²) in [7, 11) is 2.81. The maximum Gasteiger partial charge on any atom is 1.00 e. The molecule has 4 aliphatic rings. The summed E-state index contributed by atoms with van der Waals surface area (Å²) in [4.78, 5) is 0. The van der Waals surface area contributed by atoms with Crippen LogP contribution in [0.25, 0.3) is 0 Å². The number of rotatable bonds is 0. The van der Waals surface area contributed by atoms with Gasteiger partial charge >= 0.3 is 59.1 Å². The maximum atomic E-state index is 4.94. The van der Waals surface area contributed by atoms with E-state index in [9.17, 15) is 0 Å². The van der Waals surface area contributed by atoms with Crippen molar-refractivity contribution in [1.82, 2.24) is 0 Å². The molecule has 0 radical (unpaired) electrons. The van der Waals surface area contributed by atoms with Gasteiger partial charge in [-0.15, -0.1) is 0 Å². The zero-order valence-corrected chi connectivity index (χ0v) is 19.8. The van der Waals surface area contributed by atoms with Crippen molar-refractivity contribution in [3.63, 3.8) is 0 Å². The summed E-state index contributed by atoms with van der Waals surface area (Å²) in [6.07, 6.45) is 6.25. The summed E-state index contributed by atoms with van der Waals surface area (Å²) in [5.41, 5.74) is 0. The van der Waals surface area contributed by atoms with Crippen LogP contribution in [0.1, 0.15) is 25.7 Å². The molecule has 0 spiro atoms. The third-order valence-corrected chi connectivity index (χ3v) is 3.25. The van der Waals surface area contributed by atoms with Crippen LogP contribution in [0, 0.1) is 0 Å². The minimum atomic E-state index is 0. The first kappa shape index (κ1) is 32.2. The van der Waals surface area contributed by atoms with E-state index in [4.69, 9.17) is 18.9 Å². The Kier molecular flexibility index (Phi) is 22.6. The Morgan fingerprint density at radius 1 is 0.393 bits per heavy atom. The van der Waals surface area contributed by atoms with Gasteiger partial charge < -0.3 is 27.6 Å². The van der Waals surface area contributed by atoms with Gasteiger partial charge in [0.25, 0.3) is 0 Å². The van der Waals surface area contributed by atoms with Crippen molar-refractivity contribution in [3.8, 4) is 0 Å². The molecule has 4 fully saturated rings. The number of ether oxygens (including phenoxy) is 4. The van der Waals surface area contributed by atoms with Gasteiger partial charge in [0.05, 0.1) is 52.9 Å². The molecule has 0 aromatic heterocycles. The second-order valence-corrected chi connectivity index (χ2v) is 5.21. The van der Waals surface area contributed by atoms with Gasteiger partial charge in [-0.1, -0.05) is 0 Å². The number of nitrogens with zero attached hydrogens (tertiary/aromatic N) is 2. The van der Waals surface area contributed by atoms with Crippen molar-refractivity contribution in [2.75, 3.05) is 79.0 Å². The van der Waals surface area contributed by atoms with E-state index < -0.39 is 0 Å². The van der Waals surface area contributed by atoms with Gasteiger partial charge in [-0.05, 0) is 51.9 Å². The van der Waals surface area contributed by atoms with Crippen LogP contribution in [0.2, 0.25) is 0 Å². The monoisotopic (exact) mass is 418 g/mol. The third-order valence-electron chi connectivity index (χ3n) is 3.25. The average molecular weight is 418 g/mol. The van der Waals surface area contributed by atoms with E-state index in [0.717, 1.165) is 52.9 Å². The predicted molar refractivity (Wildman–Crippen MR) is 121 cm³/mol. The van der Waals surface area contributed by atoms with Crippen LogP contribution in [0.5, 0.6) is 0 Å². The Balaban J connectivity index is 0. The van der Waals surface area contributed by atoms with Crippen molar-refractivity contribution in [3.05, 3.63) is 0 Å². The maximum absolute atomic E-state index is 4.94. The molecule has 0 unspecified atom stereocenters. The standard InChI is InChI=1S/2C4H14B2N.2C4H8O2.2Na/c2*5-7(6)3-1-2-4-7;2*1-2-6-4-3-5-1;;/h2*1-4H2,5-6H3;2*1-4H2;;/q2*-1;;;2*+1. The van der Waals surface area contributed by atoms with Crippen molar-refractivity contribution >= 4 is 31.9 Å². The summed E-state index contributed by atoms with van der Waals surface area (Å²) in [5, 5.41) is 0. The van der Waals surface area contributed by atoms with Gasteiger partial charge in [-0.25, -0.2) is 0 Å². The Bertz CT molecular complexity index is 284. The summed E-state index contributed by atoms with van der Waals surface area (Å²) in [6, 6.07) is 0. The topological polar surface area (TPSA) is 36.9 Å². The average Bonchev–Trinajstić information content (AvgIpc) is 3.26. The Morgan fingerprint density at radius 3 is 0.643 bits per heavy atom. The Labute approximate surface area is 221 Å². The number of quaternary nitrogens is 2. The van der Waals surface area contributed by atoms with Crippen LogP contribution in [-0.2, 0) is 18.9 Å². The molecular formula is C16H44B4N2Na2O4. The van der Waals surface area contributed by atoms with E-state index in [1.165, 1.54) is 0 Å². The molecule has 0 atom stereocenters. The molecule has 156 valence electrons. The van der Waals surface area contributed by atoms with Crippen molar-refractivity contribution in [2.24, 2.45) is 0 Å². The van der Waals surface area contributed by atoms with Gasteiger partial charge in [0.2, 0.25) is 0 Å². The quantitative estimate of drug-likeness (QED) is 0.367. The summed E-state index contributed by atoms with van der Waals surface area (Å²) < 4.78 is 23.3. The summed E-state index contributed by atoms with van der Waals surface area (Å²) in [6.45, 7) is 12.7. The number of hydrogen-bond donors (Lipinski definition) is 0. The van der Waals surface area contributed by atoms with E-state index in [-0.39, 0.29) is 59.1 Å². The molecule has 0 amide bonds. The SMILES string of the molecule is C1COCCO1.C1COCCO1.[BH3-][N+]1([BH3-])CCCC1.[BH3-][N+]1([BH3-])CCCC1.[Na+].[Na+]. The molecule has 4 rings (SSSR count). The molecule has 28 heavy (non-hydrogen) atoms. The molecule has 0 aromatic rings. The van der Waals surface area contributed by atoms with Crippen LogP contribution >= 0.6 is 0 Å². The van der Waals surface area contributed by atoms with E-state index in [2.05, 4.69) is 0 Å². The van der Waals surface area contributed by atoms with Gasteiger partial charge in [0, 0.05) is 0 Å². The molecule has 0 saturated carbocycles. The molecule has 4 heterocycles. The van der Waals surface area contributed by atoms with Gasteiger partial charge in [0.15, 0.2) is 0 Å². The first-order valence-corrected chi connectivity index (χ1v) is 8.57. The fourth-order valence-electron chi connectivity index (χ4n) is 2.00. The normalized spacial score (nSPS) is 24.4. The molecule has 0 aliphatic carbocycles. The summed E-state index contributed by atoms with van der Waals surface area (Å²) in [5.74, 6) is 0. The first-order chi connectivity index (χ1) is 12.4. The molecular weight excluding hydrogens is 373 g/mol. The Hall–Kier alpha value is 2.02. The van der Waals surface area contributed by atoms with E-state index in [1.54, 1.807) is 60.5 Å².